The molecule has 2 amide bonds. The highest BCUT2D eigenvalue weighted by Crippen LogP contribution is 2.11. The van der Waals surface area contributed by atoms with Crippen LogP contribution in [0.5, 0.6) is 5.75 Å². The minimum Gasteiger partial charge on any atom is -0.484 e. The first kappa shape index (κ1) is 18.3. The largest absolute Gasteiger partial charge is 0.484 e. The highest BCUT2D eigenvalue weighted by molar-refractivity contribution is 5.79. The van der Waals surface area contributed by atoms with Crippen LogP contribution in [0.25, 0.3) is 0 Å². The van der Waals surface area contributed by atoms with Crippen molar-refractivity contribution in [2.24, 2.45) is 0 Å². The van der Waals surface area contributed by atoms with Crippen molar-refractivity contribution in [3.8, 4) is 5.75 Å². The minimum absolute atomic E-state index is 0.00865. The molecule has 1 aromatic rings. The van der Waals surface area contributed by atoms with Gasteiger partial charge < -0.3 is 15.0 Å². The van der Waals surface area contributed by atoms with Crippen LogP contribution >= 0.6 is 0 Å². The van der Waals surface area contributed by atoms with Gasteiger partial charge in [0.15, 0.2) is 6.61 Å². The van der Waals surface area contributed by atoms with E-state index in [-0.39, 0.29) is 18.4 Å². The molecule has 1 fully saturated rings. The van der Waals surface area contributed by atoms with E-state index in [4.69, 9.17) is 4.74 Å². The van der Waals surface area contributed by atoms with Crippen molar-refractivity contribution in [1.29, 1.82) is 0 Å². The minimum atomic E-state index is -0.00865. The van der Waals surface area contributed by atoms with Crippen LogP contribution in [0.3, 0.4) is 0 Å². The number of carbonyl (C=O) groups is 2. The molecule has 1 saturated heterocycles. The Balaban J connectivity index is 1.68. The predicted molar refractivity (Wildman–Crippen MR) is 93.0 cm³/mol. The second kappa shape index (κ2) is 9.27. The van der Waals surface area contributed by atoms with Gasteiger partial charge in [0.25, 0.3) is 5.91 Å². The summed E-state index contributed by atoms with van der Waals surface area (Å²) in [6, 6.07) is 7.66. The third kappa shape index (κ3) is 5.85. The Labute approximate surface area is 143 Å². The van der Waals surface area contributed by atoms with Gasteiger partial charge in [0.2, 0.25) is 5.91 Å². The third-order valence-corrected chi connectivity index (χ3v) is 4.05. The molecule has 2 rings (SSSR count). The van der Waals surface area contributed by atoms with Crippen molar-refractivity contribution in [1.82, 2.24) is 15.1 Å². The van der Waals surface area contributed by atoms with E-state index in [2.05, 4.69) is 10.2 Å². The molecule has 0 aliphatic carbocycles. The number of nitrogens with zero attached hydrogens (tertiary/aromatic N) is 2. The number of nitrogens with one attached hydrogen (secondary N) is 1. The Kier molecular flexibility index (Phi) is 7.06. The van der Waals surface area contributed by atoms with Crippen molar-refractivity contribution in [2.45, 2.75) is 20.3 Å². The van der Waals surface area contributed by atoms with Crippen LogP contribution in [0, 0.1) is 6.92 Å². The molecule has 0 spiro atoms. The molecule has 1 N–H and O–H groups in total. The molecule has 6 nitrogen and oxygen atoms in total. The molecule has 1 aliphatic heterocycles. The molecule has 0 bridgehead atoms. The van der Waals surface area contributed by atoms with Crippen molar-refractivity contribution < 1.29 is 14.3 Å². The smallest absolute Gasteiger partial charge is 0.260 e. The zero-order valence-electron chi connectivity index (χ0n) is 14.6. The van der Waals surface area contributed by atoms with Gasteiger partial charge in [-0.25, -0.2) is 0 Å². The topological polar surface area (TPSA) is 61.9 Å². The first-order valence-corrected chi connectivity index (χ1v) is 8.54. The molecule has 6 heteroatoms. The SMILES string of the molecule is CCCNC(=O)CN1CCN(C(=O)COc2ccc(C)cc2)CC1. The molecule has 1 aliphatic rings. The second-order valence-corrected chi connectivity index (χ2v) is 6.11. The molecule has 0 saturated carbocycles. The van der Waals surface area contributed by atoms with E-state index in [0.717, 1.165) is 25.1 Å². The van der Waals surface area contributed by atoms with Crippen LogP contribution in [0.4, 0.5) is 0 Å². The molecule has 1 heterocycles. The summed E-state index contributed by atoms with van der Waals surface area (Å²) in [6.07, 6.45) is 0.939. The van der Waals surface area contributed by atoms with E-state index < -0.39 is 0 Å². The van der Waals surface area contributed by atoms with Crippen LogP contribution in [-0.2, 0) is 9.59 Å². The van der Waals surface area contributed by atoms with Crippen molar-refractivity contribution in [3.05, 3.63) is 29.8 Å². The summed E-state index contributed by atoms with van der Waals surface area (Å²) in [5.74, 6) is 0.755. The molecule has 0 radical (unpaired) electrons. The lowest BCUT2D eigenvalue weighted by molar-refractivity contribution is -0.135. The highest BCUT2D eigenvalue weighted by Gasteiger charge is 2.22. The number of ether oxygens (including phenoxy) is 1. The zero-order chi connectivity index (χ0) is 17.4. The van der Waals surface area contributed by atoms with Crippen molar-refractivity contribution >= 4 is 11.8 Å². The number of hydrogen-bond donors (Lipinski definition) is 1. The summed E-state index contributed by atoms with van der Waals surface area (Å²) in [7, 11) is 0. The Hall–Kier alpha value is -2.08. The van der Waals surface area contributed by atoms with E-state index in [0.29, 0.717) is 31.9 Å². The van der Waals surface area contributed by atoms with Crippen LogP contribution in [0.2, 0.25) is 0 Å². The van der Waals surface area contributed by atoms with Crippen molar-refractivity contribution in [2.75, 3.05) is 45.9 Å². The lowest BCUT2D eigenvalue weighted by Crippen LogP contribution is -2.52. The quantitative estimate of drug-likeness (QED) is 0.810. The average molecular weight is 333 g/mol. The lowest BCUT2D eigenvalue weighted by atomic mass is 10.2. The Morgan fingerprint density at radius 1 is 1.12 bits per heavy atom. The third-order valence-electron chi connectivity index (χ3n) is 4.05. The van der Waals surface area contributed by atoms with Gasteiger partial charge in [0.05, 0.1) is 6.54 Å². The molecule has 24 heavy (non-hydrogen) atoms. The van der Waals surface area contributed by atoms with Crippen LogP contribution in [0.1, 0.15) is 18.9 Å². The molecule has 0 atom stereocenters. The molecule has 1 aromatic carbocycles. The first-order valence-electron chi connectivity index (χ1n) is 8.54. The molecule has 132 valence electrons. The Bertz CT molecular complexity index is 537. The number of hydrogen-bond acceptors (Lipinski definition) is 4. The maximum Gasteiger partial charge on any atom is 0.260 e. The number of aryl methyl sites for hydroxylation is 1. The van der Waals surface area contributed by atoms with Gasteiger partial charge in [0.1, 0.15) is 5.75 Å². The standard InChI is InChI=1S/C18H27N3O3/c1-3-8-19-17(22)13-20-9-11-21(12-10-20)18(23)14-24-16-6-4-15(2)5-7-16/h4-7H,3,8-14H2,1-2H3,(H,19,22). The fourth-order valence-electron chi connectivity index (χ4n) is 2.55. The molecule has 0 aromatic heterocycles. The monoisotopic (exact) mass is 333 g/mol. The van der Waals surface area contributed by atoms with Gasteiger partial charge in [-0.15, -0.1) is 0 Å². The molecule has 0 unspecified atom stereocenters. The van der Waals surface area contributed by atoms with Gasteiger partial charge in [-0.2, -0.15) is 0 Å². The van der Waals surface area contributed by atoms with E-state index in [9.17, 15) is 9.59 Å². The maximum atomic E-state index is 12.2. The Morgan fingerprint density at radius 2 is 1.79 bits per heavy atom. The Morgan fingerprint density at radius 3 is 2.42 bits per heavy atom. The summed E-state index contributed by atoms with van der Waals surface area (Å²) in [5, 5.41) is 2.87. The van der Waals surface area contributed by atoms with E-state index >= 15 is 0 Å². The second-order valence-electron chi connectivity index (χ2n) is 6.11. The highest BCUT2D eigenvalue weighted by atomic mass is 16.5. The fourth-order valence-corrected chi connectivity index (χ4v) is 2.55. The van der Waals surface area contributed by atoms with E-state index in [1.54, 1.807) is 4.90 Å². The average Bonchev–Trinajstić information content (AvgIpc) is 2.60. The molecular formula is C18H27N3O3. The summed E-state index contributed by atoms with van der Waals surface area (Å²) >= 11 is 0. The van der Waals surface area contributed by atoms with E-state index in [1.165, 1.54) is 0 Å². The van der Waals surface area contributed by atoms with Gasteiger partial charge in [-0.3, -0.25) is 14.5 Å². The lowest BCUT2D eigenvalue weighted by Gasteiger charge is -2.34. The van der Waals surface area contributed by atoms with E-state index in [1.807, 2.05) is 38.1 Å². The fraction of sp³-hybridized carbons (Fsp3) is 0.556. The van der Waals surface area contributed by atoms with Crippen LogP contribution in [0.15, 0.2) is 24.3 Å². The summed E-state index contributed by atoms with van der Waals surface area (Å²) in [4.78, 5) is 27.8. The number of piperazine rings is 1. The normalized spacial score (nSPS) is 15.2. The summed E-state index contributed by atoms with van der Waals surface area (Å²) in [5.41, 5.74) is 1.16. The summed E-state index contributed by atoms with van der Waals surface area (Å²) in [6.45, 7) is 7.93. The predicted octanol–water partition coefficient (Wildman–Crippen LogP) is 1.04. The first-order chi connectivity index (χ1) is 11.6. The van der Waals surface area contributed by atoms with Gasteiger partial charge >= 0.3 is 0 Å². The number of rotatable bonds is 7. The van der Waals surface area contributed by atoms with Gasteiger partial charge in [-0.1, -0.05) is 24.6 Å². The number of amides is 2. The maximum absolute atomic E-state index is 12.2. The van der Waals surface area contributed by atoms with Gasteiger partial charge in [0, 0.05) is 32.7 Å². The van der Waals surface area contributed by atoms with Crippen molar-refractivity contribution in [3.63, 3.8) is 0 Å². The summed E-state index contributed by atoms with van der Waals surface area (Å²) < 4.78 is 5.54. The number of carbonyl (C=O) groups excluding carboxylic acids is 2. The van der Waals surface area contributed by atoms with Gasteiger partial charge in [-0.05, 0) is 25.5 Å². The number of benzene rings is 1. The molecular weight excluding hydrogens is 306 g/mol. The van der Waals surface area contributed by atoms with Crippen LogP contribution < -0.4 is 10.1 Å². The zero-order valence-corrected chi connectivity index (χ0v) is 14.6. The van der Waals surface area contributed by atoms with Crippen LogP contribution in [-0.4, -0.2) is 67.5 Å².